The maximum Gasteiger partial charge on any atom is 0.122 e. The van der Waals surface area contributed by atoms with E-state index in [1.165, 1.54) is 49.8 Å². The van der Waals surface area contributed by atoms with Crippen LogP contribution in [0.4, 0.5) is 0 Å². The second kappa shape index (κ2) is 6.95. The van der Waals surface area contributed by atoms with Crippen molar-refractivity contribution >= 4 is 0 Å². The average Bonchev–Trinajstić information content (AvgIpc) is 2.85. The molecule has 2 nitrogen and oxygen atoms in total. The molecule has 1 aromatic carbocycles. The Kier molecular flexibility index (Phi) is 5.26. The molecule has 0 aliphatic carbocycles. The van der Waals surface area contributed by atoms with E-state index in [1.54, 1.807) is 0 Å². The third-order valence-corrected chi connectivity index (χ3v) is 3.78. The Bertz CT molecular complexity index is 394. The molecule has 0 aromatic heterocycles. The van der Waals surface area contributed by atoms with Crippen LogP contribution in [-0.4, -0.2) is 18.7 Å². The smallest absolute Gasteiger partial charge is 0.122 e. The largest absolute Gasteiger partial charge is 0.491 e. The maximum absolute atomic E-state index is 5.78. The van der Waals surface area contributed by atoms with Gasteiger partial charge in [0.1, 0.15) is 5.75 Å². The van der Waals surface area contributed by atoms with Crippen molar-refractivity contribution in [3.8, 4) is 5.75 Å². The zero-order valence-corrected chi connectivity index (χ0v) is 12.5. The van der Waals surface area contributed by atoms with Crippen LogP contribution < -0.4 is 10.1 Å². The summed E-state index contributed by atoms with van der Waals surface area (Å²) in [6.45, 7) is 7.49. The summed E-state index contributed by atoms with van der Waals surface area (Å²) in [7, 11) is 0. The molecule has 0 bridgehead atoms. The van der Waals surface area contributed by atoms with Crippen LogP contribution >= 0.6 is 0 Å². The minimum Gasteiger partial charge on any atom is -0.491 e. The van der Waals surface area contributed by atoms with Gasteiger partial charge in [-0.05, 0) is 76.6 Å². The highest BCUT2D eigenvalue weighted by atomic mass is 16.5. The minimum absolute atomic E-state index is 0.248. The van der Waals surface area contributed by atoms with Crippen molar-refractivity contribution < 1.29 is 4.74 Å². The Morgan fingerprint density at radius 3 is 2.84 bits per heavy atom. The molecule has 1 aliphatic heterocycles. The molecule has 1 aliphatic rings. The lowest BCUT2D eigenvalue weighted by Crippen LogP contribution is -2.21. The molecule has 1 heterocycles. The van der Waals surface area contributed by atoms with Gasteiger partial charge in [-0.15, -0.1) is 0 Å². The minimum atomic E-state index is 0.248. The molecule has 0 saturated carbocycles. The molecular weight excluding hydrogens is 234 g/mol. The highest BCUT2D eigenvalue weighted by molar-refractivity contribution is 5.36. The standard InChI is InChI=1S/C17H27NO/c1-13(2)19-17-10-9-15(12-14(17)3)6-4-7-16-8-5-11-18-16/h9-10,12-13,16,18H,4-8,11H2,1-3H3. The normalized spacial score (nSPS) is 19.1. The van der Waals surface area contributed by atoms with Gasteiger partial charge < -0.3 is 10.1 Å². The SMILES string of the molecule is Cc1cc(CCCC2CCCN2)ccc1OC(C)C. The number of hydrogen-bond acceptors (Lipinski definition) is 2. The Labute approximate surface area is 117 Å². The summed E-state index contributed by atoms with van der Waals surface area (Å²) in [5.41, 5.74) is 2.69. The monoisotopic (exact) mass is 261 g/mol. The first-order valence-corrected chi connectivity index (χ1v) is 7.64. The summed E-state index contributed by atoms with van der Waals surface area (Å²) >= 11 is 0. The molecule has 2 heteroatoms. The number of ether oxygens (including phenoxy) is 1. The molecule has 0 spiro atoms. The van der Waals surface area contributed by atoms with E-state index >= 15 is 0 Å². The summed E-state index contributed by atoms with van der Waals surface area (Å²) < 4.78 is 5.78. The lowest BCUT2D eigenvalue weighted by atomic mass is 10.0. The number of rotatable bonds is 6. The first-order chi connectivity index (χ1) is 9.15. The topological polar surface area (TPSA) is 21.3 Å². The molecule has 1 N–H and O–H groups in total. The lowest BCUT2D eigenvalue weighted by Gasteiger charge is -2.14. The summed E-state index contributed by atoms with van der Waals surface area (Å²) in [4.78, 5) is 0. The van der Waals surface area contributed by atoms with Gasteiger partial charge in [0.15, 0.2) is 0 Å². The average molecular weight is 261 g/mol. The highest BCUT2D eigenvalue weighted by Gasteiger charge is 2.13. The van der Waals surface area contributed by atoms with E-state index < -0.39 is 0 Å². The van der Waals surface area contributed by atoms with Crippen molar-refractivity contribution in [1.29, 1.82) is 0 Å². The van der Waals surface area contributed by atoms with Crippen molar-refractivity contribution in [1.82, 2.24) is 5.32 Å². The third kappa shape index (κ3) is 4.54. The van der Waals surface area contributed by atoms with Gasteiger partial charge in [0.05, 0.1) is 6.10 Å². The predicted molar refractivity (Wildman–Crippen MR) is 80.9 cm³/mol. The quantitative estimate of drug-likeness (QED) is 0.839. The summed E-state index contributed by atoms with van der Waals surface area (Å²) in [5.74, 6) is 1.02. The van der Waals surface area contributed by atoms with Crippen molar-refractivity contribution in [2.75, 3.05) is 6.54 Å². The maximum atomic E-state index is 5.78. The van der Waals surface area contributed by atoms with Crippen molar-refractivity contribution in [3.63, 3.8) is 0 Å². The van der Waals surface area contributed by atoms with Crippen LogP contribution in [0.2, 0.25) is 0 Å². The molecule has 1 atom stereocenters. The fraction of sp³-hybridized carbons (Fsp3) is 0.647. The number of aryl methyl sites for hydroxylation is 2. The van der Waals surface area contributed by atoms with E-state index in [4.69, 9.17) is 4.74 Å². The number of benzene rings is 1. The summed E-state index contributed by atoms with van der Waals surface area (Å²) in [5, 5.41) is 3.56. The van der Waals surface area contributed by atoms with Crippen LogP contribution in [0.15, 0.2) is 18.2 Å². The third-order valence-electron chi connectivity index (χ3n) is 3.78. The second-order valence-electron chi connectivity index (χ2n) is 5.95. The number of hydrogen-bond donors (Lipinski definition) is 1. The Balaban J connectivity index is 1.81. The van der Waals surface area contributed by atoms with Gasteiger partial charge in [0.2, 0.25) is 0 Å². The van der Waals surface area contributed by atoms with Gasteiger partial charge >= 0.3 is 0 Å². The van der Waals surface area contributed by atoms with Crippen molar-refractivity contribution in [3.05, 3.63) is 29.3 Å². The molecule has 0 amide bonds. The fourth-order valence-corrected chi connectivity index (χ4v) is 2.81. The molecule has 1 aromatic rings. The molecule has 1 saturated heterocycles. The Morgan fingerprint density at radius 2 is 2.21 bits per heavy atom. The molecule has 0 radical (unpaired) electrons. The molecule has 1 unspecified atom stereocenters. The van der Waals surface area contributed by atoms with Gasteiger partial charge in [-0.2, -0.15) is 0 Å². The Morgan fingerprint density at radius 1 is 1.37 bits per heavy atom. The van der Waals surface area contributed by atoms with E-state index in [1.807, 2.05) is 0 Å². The molecule has 1 fully saturated rings. The molecule has 19 heavy (non-hydrogen) atoms. The van der Waals surface area contributed by atoms with E-state index in [0.29, 0.717) is 0 Å². The van der Waals surface area contributed by atoms with Crippen molar-refractivity contribution in [2.24, 2.45) is 0 Å². The van der Waals surface area contributed by atoms with E-state index in [0.717, 1.165) is 11.8 Å². The first-order valence-electron chi connectivity index (χ1n) is 7.64. The summed E-state index contributed by atoms with van der Waals surface area (Å²) in [6.07, 6.45) is 6.73. The van der Waals surface area contributed by atoms with E-state index in [-0.39, 0.29) is 6.10 Å². The van der Waals surface area contributed by atoms with Gasteiger partial charge in [-0.3, -0.25) is 0 Å². The second-order valence-corrected chi connectivity index (χ2v) is 5.95. The van der Waals surface area contributed by atoms with E-state index in [9.17, 15) is 0 Å². The van der Waals surface area contributed by atoms with Gasteiger partial charge in [-0.1, -0.05) is 12.1 Å². The Hall–Kier alpha value is -1.02. The predicted octanol–water partition coefficient (Wildman–Crippen LogP) is 3.86. The summed E-state index contributed by atoms with van der Waals surface area (Å²) in [6, 6.07) is 7.38. The molecular formula is C17H27NO. The van der Waals surface area contributed by atoms with E-state index in [2.05, 4.69) is 44.3 Å². The van der Waals surface area contributed by atoms with Crippen LogP contribution in [-0.2, 0) is 6.42 Å². The van der Waals surface area contributed by atoms with Crippen LogP contribution in [0.25, 0.3) is 0 Å². The lowest BCUT2D eigenvalue weighted by molar-refractivity contribution is 0.240. The van der Waals surface area contributed by atoms with Crippen LogP contribution in [0, 0.1) is 6.92 Å². The zero-order valence-electron chi connectivity index (χ0n) is 12.5. The highest BCUT2D eigenvalue weighted by Crippen LogP contribution is 2.22. The molecule has 2 rings (SSSR count). The van der Waals surface area contributed by atoms with Crippen LogP contribution in [0.3, 0.4) is 0 Å². The van der Waals surface area contributed by atoms with Gasteiger partial charge in [0.25, 0.3) is 0 Å². The van der Waals surface area contributed by atoms with Gasteiger partial charge in [-0.25, -0.2) is 0 Å². The van der Waals surface area contributed by atoms with Gasteiger partial charge in [0, 0.05) is 6.04 Å². The first kappa shape index (κ1) is 14.4. The zero-order chi connectivity index (χ0) is 13.7. The fourth-order valence-electron chi connectivity index (χ4n) is 2.81. The number of nitrogens with one attached hydrogen (secondary N) is 1. The molecule has 106 valence electrons. The van der Waals surface area contributed by atoms with Crippen molar-refractivity contribution in [2.45, 2.75) is 65.0 Å². The van der Waals surface area contributed by atoms with Crippen LogP contribution in [0.5, 0.6) is 5.75 Å². The van der Waals surface area contributed by atoms with Crippen LogP contribution in [0.1, 0.15) is 50.7 Å².